The van der Waals surface area contributed by atoms with Crippen LogP contribution in [0.15, 0.2) is 29.2 Å². The minimum Gasteiger partial charge on any atom is -0.351 e. The number of thioether (sulfide) groups is 1. The third kappa shape index (κ3) is 6.37. The first-order chi connectivity index (χ1) is 11.2. The molecule has 0 bridgehead atoms. The summed E-state index contributed by atoms with van der Waals surface area (Å²) in [5.74, 6) is -2.53. The van der Waals surface area contributed by atoms with E-state index in [0.717, 1.165) is 5.56 Å². The van der Waals surface area contributed by atoms with Crippen molar-refractivity contribution in [2.45, 2.75) is 29.7 Å². The lowest BCUT2D eigenvalue weighted by Crippen LogP contribution is -2.41. The molecule has 5 nitrogen and oxygen atoms in total. The first kappa shape index (κ1) is 19.1. The Morgan fingerprint density at radius 2 is 2.04 bits per heavy atom. The number of halogens is 2. The molecule has 1 amide bonds. The van der Waals surface area contributed by atoms with Crippen LogP contribution in [-0.2, 0) is 21.2 Å². The Kier molecular flexibility index (Phi) is 6.59. The number of rotatable bonds is 7. The van der Waals surface area contributed by atoms with E-state index in [1.54, 1.807) is 36.2 Å². The summed E-state index contributed by atoms with van der Waals surface area (Å²) in [6, 6.07) is 6.46. The molecule has 134 valence electrons. The summed E-state index contributed by atoms with van der Waals surface area (Å²) in [4.78, 5) is 14.2. The molecule has 1 atom stereocenters. The summed E-state index contributed by atoms with van der Waals surface area (Å²) >= 11 is 0.494. The smallest absolute Gasteiger partial charge is 0.288 e. The SMILES string of the molecule is CN(CC(=O)NC1CCS(=O)(=O)C1)Cc1ccc(SC(F)F)cc1. The van der Waals surface area contributed by atoms with Crippen molar-refractivity contribution in [2.75, 3.05) is 25.1 Å². The molecule has 1 unspecified atom stereocenters. The highest BCUT2D eigenvalue weighted by Gasteiger charge is 2.28. The molecule has 24 heavy (non-hydrogen) atoms. The minimum atomic E-state index is -3.01. The van der Waals surface area contributed by atoms with Gasteiger partial charge in [0.25, 0.3) is 5.76 Å². The van der Waals surface area contributed by atoms with Crippen LogP contribution in [0.4, 0.5) is 8.78 Å². The lowest BCUT2D eigenvalue weighted by molar-refractivity contribution is -0.122. The second-order valence-electron chi connectivity index (χ2n) is 5.86. The van der Waals surface area contributed by atoms with Crippen LogP contribution < -0.4 is 5.32 Å². The Labute approximate surface area is 144 Å². The van der Waals surface area contributed by atoms with Crippen molar-refractivity contribution < 1.29 is 22.0 Å². The second kappa shape index (κ2) is 8.26. The third-order valence-corrected chi connectivity index (χ3v) is 6.10. The van der Waals surface area contributed by atoms with E-state index < -0.39 is 15.6 Å². The maximum atomic E-state index is 12.3. The maximum Gasteiger partial charge on any atom is 0.288 e. The number of nitrogens with zero attached hydrogens (tertiary/aromatic N) is 1. The lowest BCUT2D eigenvalue weighted by Gasteiger charge is -2.18. The fourth-order valence-corrected chi connectivity index (χ4v) is 4.74. The zero-order valence-electron chi connectivity index (χ0n) is 13.2. The highest BCUT2D eigenvalue weighted by Crippen LogP contribution is 2.25. The first-order valence-corrected chi connectivity index (χ1v) is 10.2. The molecule has 0 aliphatic carbocycles. The molecule has 1 aromatic rings. The molecule has 1 heterocycles. The number of nitrogens with one attached hydrogen (secondary N) is 1. The van der Waals surface area contributed by atoms with E-state index in [1.807, 2.05) is 0 Å². The average molecular weight is 378 g/mol. The largest absolute Gasteiger partial charge is 0.351 e. The Hall–Kier alpha value is -1.19. The van der Waals surface area contributed by atoms with Gasteiger partial charge < -0.3 is 5.32 Å². The number of hydrogen-bond acceptors (Lipinski definition) is 5. The van der Waals surface area contributed by atoms with Crippen molar-refractivity contribution in [3.05, 3.63) is 29.8 Å². The molecule has 2 rings (SSSR count). The van der Waals surface area contributed by atoms with Gasteiger partial charge in [-0.15, -0.1) is 0 Å². The molecule has 0 saturated carbocycles. The van der Waals surface area contributed by atoms with Gasteiger partial charge in [-0.1, -0.05) is 23.9 Å². The molecular weight excluding hydrogens is 358 g/mol. The molecule has 1 N–H and O–H groups in total. The van der Waals surface area contributed by atoms with Crippen molar-refractivity contribution in [1.82, 2.24) is 10.2 Å². The van der Waals surface area contributed by atoms with E-state index in [9.17, 15) is 22.0 Å². The van der Waals surface area contributed by atoms with Gasteiger partial charge in [-0.3, -0.25) is 9.69 Å². The predicted octanol–water partition coefficient (Wildman–Crippen LogP) is 1.74. The monoisotopic (exact) mass is 378 g/mol. The highest BCUT2D eigenvalue weighted by molar-refractivity contribution is 7.99. The average Bonchev–Trinajstić information content (AvgIpc) is 2.79. The number of likely N-dealkylation sites (N-methyl/N-ethyl adjacent to an activating group) is 1. The van der Waals surface area contributed by atoms with Crippen molar-refractivity contribution in [1.29, 1.82) is 0 Å². The molecule has 1 aliphatic heterocycles. The second-order valence-corrected chi connectivity index (χ2v) is 9.15. The lowest BCUT2D eigenvalue weighted by atomic mass is 10.2. The van der Waals surface area contributed by atoms with Crippen molar-refractivity contribution >= 4 is 27.5 Å². The number of alkyl halides is 2. The zero-order chi connectivity index (χ0) is 17.7. The van der Waals surface area contributed by atoms with Gasteiger partial charge in [-0.25, -0.2) is 8.42 Å². The molecule has 1 saturated heterocycles. The van der Waals surface area contributed by atoms with E-state index in [-0.39, 0.29) is 30.0 Å². The highest BCUT2D eigenvalue weighted by atomic mass is 32.2. The van der Waals surface area contributed by atoms with E-state index in [0.29, 0.717) is 29.6 Å². The molecule has 0 spiro atoms. The summed E-state index contributed by atoms with van der Waals surface area (Å²) in [5.41, 5.74) is 0.910. The molecule has 1 fully saturated rings. The van der Waals surface area contributed by atoms with Gasteiger partial charge in [-0.05, 0) is 31.2 Å². The number of sulfone groups is 1. The molecule has 0 radical (unpaired) electrons. The number of carbonyl (C=O) groups excluding carboxylic acids is 1. The summed E-state index contributed by atoms with van der Waals surface area (Å²) in [6.45, 7) is 0.639. The third-order valence-electron chi connectivity index (χ3n) is 3.61. The molecule has 9 heteroatoms. The van der Waals surface area contributed by atoms with Crippen LogP contribution >= 0.6 is 11.8 Å². The van der Waals surface area contributed by atoms with Crippen LogP contribution in [0.2, 0.25) is 0 Å². The fraction of sp³-hybridized carbons (Fsp3) is 0.533. The van der Waals surface area contributed by atoms with Gasteiger partial charge in [0.2, 0.25) is 5.91 Å². The fourth-order valence-electron chi connectivity index (χ4n) is 2.57. The molecule has 1 aliphatic rings. The van der Waals surface area contributed by atoms with Crippen LogP contribution in [0.3, 0.4) is 0 Å². The Bertz CT molecular complexity index is 666. The first-order valence-electron chi connectivity index (χ1n) is 7.45. The van der Waals surface area contributed by atoms with Crippen LogP contribution in [0.5, 0.6) is 0 Å². The van der Waals surface area contributed by atoms with Crippen molar-refractivity contribution in [2.24, 2.45) is 0 Å². The summed E-state index contributed by atoms with van der Waals surface area (Å²) < 4.78 is 47.3. The number of hydrogen-bond donors (Lipinski definition) is 1. The van der Waals surface area contributed by atoms with Crippen molar-refractivity contribution in [3.8, 4) is 0 Å². The van der Waals surface area contributed by atoms with Crippen molar-refractivity contribution in [3.63, 3.8) is 0 Å². The topological polar surface area (TPSA) is 66.5 Å². The Morgan fingerprint density at radius 3 is 2.58 bits per heavy atom. The van der Waals surface area contributed by atoms with Gasteiger partial charge in [0, 0.05) is 17.5 Å². The molecule has 1 aromatic carbocycles. The summed E-state index contributed by atoms with van der Waals surface area (Å²) in [6.07, 6.45) is 0.459. The van der Waals surface area contributed by atoms with E-state index >= 15 is 0 Å². The van der Waals surface area contributed by atoms with E-state index in [1.165, 1.54) is 0 Å². The van der Waals surface area contributed by atoms with Crippen LogP contribution in [-0.4, -0.2) is 56.1 Å². The summed E-state index contributed by atoms with van der Waals surface area (Å²) in [7, 11) is -1.24. The van der Waals surface area contributed by atoms with Gasteiger partial charge in [-0.2, -0.15) is 8.78 Å². The van der Waals surface area contributed by atoms with Gasteiger partial charge in [0.1, 0.15) is 0 Å². The van der Waals surface area contributed by atoms with Gasteiger partial charge >= 0.3 is 0 Å². The van der Waals surface area contributed by atoms with Crippen LogP contribution in [0.1, 0.15) is 12.0 Å². The standard InChI is InChI=1S/C15H20F2N2O3S2/c1-19(8-11-2-4-13(5-3-11)23-15(16)17)9-14(20)18-12-6-7-24(21,22)10-12/h2-5,12,15H,6-10H2,1H3,(H,18,20). The predicted molar refractivity (Wildman–Crippen MR) is 89.8 cm³/mol. The summed E-state index contributed by atoms with van der Waals surface area (Å²) in [5, 5.41) is 2.74. The number of benzene rings is 1. The minimum absolute atomic E-state index is 0.00567. The quantitative estimate of drug-likeness (QED) is 0.732. The van der Waals surface area contributed by atoms with Gasteiger partial charge in [0.05, 0.1) is 18.1 Å². The van der Waals surface area contributed by atoms with E-state index in [4.69, 9.17) is 0 Å². The number of amides is 1. The zero-order valence-corrected chi connectivity index (χ0v) is 14.9. The number of carbonyl (C=O) groups is 1. The normalized spacial score (nSPS) is 19.8. The van der Waals surface area contributed by atoms with Gasteiger partial charge in [0.15, 0.2) is 9.84 Å². The van der Waals surface area contributed by atoms with Crippen LogP contribution in [0.25, 0.3) is 0 Å². The molecular formula is C15H20F2N2O3S2. The Balaban J connectivity index is 1.78. The van der Waals surface area contributed by atoms with Crippen LogP contribution in [0, 0.1) is 0 Å². The molecule has 0 aromatic heterocycles. The Morgan fingerprint density at radius 1 is 1.38 bits per heavy atom. The maximum absolute atomic E-state index is 12.3. The van der Waals surface area contributed by atoms with E-state index in [2.05, 4.69) is 5.32 Å².